The number of nitrogen functional groups attached to an aromatic ring is 2. The van der Waals surface area contributed by atoms with Crippen LogP contribution >= 0.6 is 0 Å². The lowest BCUT2D eigenvalue weighted by Gasteiger charge is -2.12. The molecule has 8 heteroatoms. The van der Waals surface area contributed by atoms with E-state index < -0.39 is 35.4 Å². The maximum Gasteiger partial charge on any atom is 0.433 e. The van der Waals surface area contributed by atoms with E-state index in [4.69, 9.17) is 11.5 Å². The Morgan fingerprint density at radius 2 is 1.73 bits per heavy atom. The van der Waals surface area contributed by atoms with Crippen molar-refractivity contribution in [2.75, 3.05) is 11.5 Å². The van der Waals surface area contributed by atoms with Gasteiger partial charge in [0.05, 0.1) is 11.3 Å². The van der Waals surface area contributed by atoms with Crippen LogP contribution in [0.3, 0.4) is 0 Å². The van der Waals surface area contributed by atoms with Crippen LogP contribution in [0.1, 0.15) is 17.7 Å². The number of nitrogens with two attached hydrogens (primary N) is 2. The van der Waals surface area contributed by atoms with Crippen LogP contribution in [-0.2, 0) is 6.18 Å². The van der Waals surface area contributed by atoms with Crippen molar-refractivity contribution in [3.8, 4) is 0 Å². The molecule has 3 nitrogen and oxygen atoms in total. The molecule has 0 amide bonds. The highest BCUT2D eigenvalue weighted by molar-refractivity contribution is 5.60. The number of nitrogens with zero attached hydrogens (tertiary/aromatic N) is 1. The molecule has 0 aliphatic carbocycles. The van der Waals surface area contributed by atoms with Crippen LogP contribution in [0.15, 0.2) is 6.07 Å². The third-order valence-electron chi connectivity index (χ3n) is 1.62. The van der Waals surface area contributed by atoms with Crippen LogP contribution in [0, 0.1) is 0 Å². The van der Waals surface area contributed by atoms with E-state index in [0.717, 1.165) is 0 Å². The molecule has 0 aromatic carbocycles. The monoisotopic (exact) mass is 227 g/mol. The molecule has 0 saturated heterocycles. The predicted molar refractivity (Wildman–Crippen MR) is 43.0 cm³/mol. The number of alkyl halides is 5. The second kappa shape index (κ2) is 3.52. The van der Waals surface area contributed by atoms with Gasteiger partial charge in [0.1, 0.15) is 5.82 Å². The number of rotatable bonds is 1. The topological polar surface area (TPSA) is 64.9 Å². The van der Waals surface area contributed by atoms with Gasteiger partial charge in [-0.25, -0.2) is 13.8 Å². The van der Waals surface area contributed by atoms with Crippen LogP contribution in [0.5, 0.6) is 0 Å². The minimum absolute atomic E-state index is 0.404. The van der Waals surface area contributed by atoms with Crippen LogP contribution < -0.4 is 11.5 Å². The van der Waals surface area contributed by atoms with Gasteiger partial charge in [0.15, 0.2) is 5.69 Å². The standard InChI is InChI=1S/C7H6F5N3/c8-5(9)2-1-3(13)6(14)15-4(2)7(10,11)12/h1,5H,13H2,(H2,14,15). The zero-order valence-corrected chi connectivity index (χ0v) is 7.15. The first kappa shape index (κ1) is 11.5. The summed E-state index contributed by atoms with van der Waals surface area (Å²) >= 11 is 0. The molecule has 0 spiro atoms. The van der Waals surface area contributed by atoms with Gasteiger partial charge in [-0.3, -0.25) is 0 Å². The fraction of sp³-hybridized carbons (Fsp3) is 0.286. The van der Waals surface area contributed by atoms with E-state index in [1.807, 2.05) is 0 Å². The Labute approximate surface area is 80.9 Å². The van der Waals surface area contributed by atoms with Gasteiger partial charge in [-0.15, -0.1) is 0 Å². The van der Waals surface area contributed by atoms with Gasteiger partial charge in [0.2, 0.25) is 0 Å². The van der Waals surface area contributed by atoms with Gasteiger partial charge in [-0.1, -0.05) is 0 Å². The first-order valence-electron chi connectivity index (χ1n) is 3.64. The summed E-state index contributed by atoms with van der Waals surface area (Å²) in [6.45, 7) is 0. The van der Waals surface area contributed by atoms with Crippen LogP contribution in [0.2, 0.25) is 0 Å². The van der Waals surface area contributed by atoms with Crippen molar-refractivity contribution in [2.24, 2.45) is 0 Å². The van der Waals surface area contributed by atoms with Gasteiger partial charge < -0.3 is 11.5 Å². The van der Waals surface area contributed by atoms with Gasteiger partial charge in [-0.05, 0) is 6.07 Å². The summed E-state index contributed by atoms with van der Waals surface area (Å²) in [4.78, 5) is 2.81. The van der Waals surface area contributed by atoms with E-state index >= 15 is 0 Å². The fourth-order valence-electron chi connectivity index (χ4n) is 0.953. The Balaban J connectivity index is 3.42. The summed E-state index contributed by atoms with van der Waals surface area (Å²) in [7, 11) is 0. The molecule has 84 valence electrons. The molecule has 0 fully saturated rings. The molecule has 1 aromatic rings. The largest absolute Gasteiger partial charge is 0.433 e. The summed E-state index contributed by atoms with van der Waals surface area (Å²) in [6, 6.07) is 0.482. The normalized spacial score (nSPS) is 12.1. The predicted octanol–water partition coefficient (Wildman–Crippen LogP) is 2.20. The van der Waals surface area contributed by atoms with Crippen molar-refractivity contribution in [3.05, 3.63) is 17.3 Å². The molecule has 0 bridgehead atoms. The Morgan fingerprint density at radius 3 is 2.13 bits per heavy atom. The average Bonchev–Trinajstić information content (AvgIpc) is 2.06. The van der Waals surface area contributed by atoms with Gasteiger partial charge in [0.25, 0.3) is 6.43 Å². The Bertz CT molecular complexity index is 374. The third kappa shape index (κ3) is 2.25. The van der Waals surface area contributed by atoms with Crippen molar-refractivity contribution in [2.45, 2.75) is 12.6 Å². The zero-order valence-electron chi connectivity index (χ0n) is 7.15. The minimum Gasteiger partial charge on any atom is -0.396 e. The number of anilines is 2. The first-order valence-corrected chi connectivity index (χ1v) is 3.64. The summed E-state index contributed by atoms with van der Waals surface area (Å²) < 4.78 is 61.2. The SMILES string of the molecule is Nc1cc(C(F)F)c(C(F)(F)F)nc1N. The Morgan fingerprint density at radius 1 is 1.20 bits per heavy atom. The summed E-state index contributed by atoms with van der Waals surface area (Å²) in [5, 5.41) is 0. The minimum atomic E-state index is -4.98. The highest BCUT2D eigenvalue weighted by Crippen LogP contribution is 2.36. The molecule has 0 radical (unpaired) electrons. The highest BCUT2D eigenvalue weighted by Gasteiger charge is 2.38. The lowest BCUT2D eigenvalue weighted by Crippen LogP contribution is -2.15. The Hall–Kier alpha value is -1.60. The van der Waals surface area contributed by atoms with Crippen LogP contribution in [-0.4, -0.2) is 4.98 Å². The van der Waals surface area contributed by atoms with E-state index in [-0.39, 0.29) is 0 Å². The number of hydrogen-bond acceptors (Lipinski definition) is 3. The molecule has 4 N–H and O–H groups in total. The molecule has 0 aliphatic heterocycles. The molecule has 0 unspecified atom stereocenters. The molecule has 15 heavy (non-hydrogen) atoms. The van der Waals surface area contributed by atoms with E-state index in [1.165, 1.54) is 0 Å². The van der Waals surface area contributed by atoms with Crippen molar-refractivity contribution in [1.29, 1.82) is 0 Å². The van der Waals surface area contributed by atoms with Crippen molar-refractivity contribution < 1.29 is 22.0 Å². The second-order valence-electron chi connectivity index (χ2n) is 2.70. The third-order valence-corrected chi connectivity index (χ3v) is 1.62. The number of hydrogen-bond donors (Lipinski definition) is 2. The number of pyridine rings is 1. The second-order valence-corrected chi connectivity index (χ2v) is 2.70. The van der Waals surface area contributed by atoms with E-state index in [9.17, 15) is 22.0 Å². The summed E-state index contributed by atoms with van der Waals surface area (Å²) in [5.74, 6) is -0.619. The Kier molecular flexibility index (Phi) is 2.69. The summed E-state index contributed by atoms with van der Waals surface area (Å²) in [6.07, 6.45) is -8.29. The summed E-state index contributed by atoms with van der Waals surface area (Å²) in [5.41, 5.74) is 6.71. The molecule has 0 aliphatic rings. The zero-order chi connectivity index (χ0) is 11.8. The molecular weight excluding hydrogens is 221 g/mol. The average molecular weight is 227 g/mol. The van der Waals surface area contributed by atoms with E-state index in [1.54, 1.807) is 0 Å². The maximum atomic E-state index is 12.2. The van der Waals surface area contributed by atoms with Crippen LogP contribution in [0.25, 0.3) is 0 Å². The molecule has 1 heterocycles. The van der Waals surface area contributed by atoms with Crippen molar-refractivity contribution in [1.82, 2.24) is 4.98 Å². The van der Waals surface area contributed by atoms with E-state index in [0.29, 0.717) is 6.07 Å². The fourth-order valence-corrected chi connectivity index (χ4v) is 0.953. The number of halogens is 5. The van der Waals surface area contributed by atoms with E-state index in [2.05, 4.69) is 4.98 Å². The van der Waals surface area contributed by atoms with Crippen molar-refractivity contribution >= 4 is 11.5 Å². The molecular formula is C7H6F5N3. The molecule has 1 rings (SSSR count). The molecule has 0 saturated carbocycles. The first-order chi connectivity index (χ1) is 6.73. The van der Waals surface area contributed by atoms with Gasteiger partial charge in [0, 0.05) is 0 Å². The van der Waals surface area contributed by atoms with Gasteiger partial charge in [-0.2, -0.15) is 13.2 Å². The molecule has 0 atom stereocenters. The lowest BCUT2D eigenvalue weighted by molar-refractivity contribution is -0.143. The lowest BCUT2D eigenvalue weighted by atomic mass is 10.1. The van der Waals surface area contributed by atoms with Crippen LogP contribution in [0.4, 0.5) is 33.5 Å². The quantitative estimate of drug-likeness (QED) is 0.723. The van der Waals surface area contributed by atoms with Gasteiger partial charge >= 0.3 is 6.18 Å². The highest BCUT2D eigenvalue weighted by atomic mass is 19.4. The number of aromatic nitrogens is 1. The maximum absolute atomic E-state index is 12.2. The smallest absolute Gasteiger partial charge is 0.396 e. The molecule has 1 aromatic heterocycles. The van der Waals surface area contributed by atoms with Crippen molar-refractivity contribution in [3.63, 3.8) is 0 Å².